The Morgan fingerprint density at radius 1 is 1.29 bits per heavy atom. The van der Waals surface area contributed by atoms with Gasteiger partial charge in [0.15, 0.2) is 11.5 Å². The Bertz CT molecular complexity index is 297. The number of benzene rings is 1. The highest BCUT2D eigenvalue weighted by atomic mass is 32.1. The second-order valence-corrected chi connectivity index (χ2v) is 3.63. The first-order chi connectivity index (χ1) is 6.67. The van der Waals surface area contributed by atoms with Crippen LogP contribution >= 0.6 is 12.6 Å². The first-order valence-electron chi connectivity index (χ1n) is 4.61. The third-order valence-corrected chi connectivity index (χ3v) is 2.14. The molecule has 0 radical (unpaired) electrons. The molecule has 0 fully saturated rings. The predicted octanol–water partition coefficient (Wildman–Crippen LogP) is 2.91. The van der Waals surface area contributed by atoms with Crippen molar-refractivity contribution in [1.82, 2.24) is 0 Å². The molecule has 0 amide bonds. The maximum absolute atomic E-state index is 5.59. The average molecular weight is 212 g/mol. The topological polar surface area (TPSA) is 18.5 Å². The van der Waals surface area contributed by atoms with Gasteiger partial charge in [0.25, 0.3) is 0 Å². The van der Waals surface area contributed by atoms with Crippen molar-refractivity contribution >= 4 is 12.6 Å². The van der Waals surface area contributed by atoms with E-state index < -0.39 is 0 Å². The van der Waals surface area contributed by atoms with Crippen LogP contribution in [0.3, 0.4) is 0 Å². The van der Waals surface area contributed by atoms with Gasteiger partial charge in [0.1, 0.15) is 0 Å². The minimum Gasteiger partial charge on any atom is -0.493 e. The van der Waals surface area contributed by atoms with Gasteiger partial charge in [-0.25, -0.2) is 0 Å². The Morgan fingerprint density at radius 2 is 2.00 bits per heavy atom. The maximum Gasteiger partial charge on any atom is 0.161 e. The van der Waals surface area contributed by atoms with E-state index in [9.17, 15) is 0 Å². The molecule has 0 N–H and O–H groups in total. The third-order valence-electron chi connectivity index (χ3n) is 1.77. The second-order valence-electron chi connectivity index (χ2n) is 3.31. The lowest BCUT2D eigenvalue weighted by atomic mass is 10.2. The zero-order valence-corrected chi connectivity index (χ0v) is 9.67. The van der Waals surface area contributed by atoms with Gasteiger partial charge < -0.3 is 9.47 Å². The van der Waals surface area contributed by atoms with Crippen molar-refractivity contribution in [2.75, 3.05) is 7.11 Å². The summed E-state index contributed by atoms with van der Waals surface area (Å²) in [6.07, 6.45) is 0.158. The summed E-state index contributed by atoms with van der Waals surface area (Å²) in [5.74, 6) is 2.26. The fourth-order valence-electron chi connectivity index (χ4n) is 1.16. The van der Waals surface area contributed by atoms with Crippen LogP contribution in [0.25, 0.3) is 0 Å². The van der Waals surface area contributed by atoms with Crippen LogP contribution in [0.1, 0.15) is 19.4 Å². The van der Waals surface area contributed by atoms with E-state index in [0.29, 0.717) is 5.75 Å². The van der Waals surface area contributed by atoms with E-state index in [0.717, 1.165) is 17.1 Å². The van der Waals surface area contributed by atoms with Gasteiger partial charge in [-0.2, -0.15) is 12.6 Å². The standard InChI is InChI=1S/C11H16O2S/c1-8(2)13-10-5-4-9(7-14)6-11(10)12-3/h4-6,8,14H,7H2,1-3H3. The predicted molar refractivity (Wildman–Crippen MR) is 61.4 cm³/mol. The lowest BCUT2D eigenvalue weighted by molar-refractivity contribution is 0.230. The monoisotopic (exact) mass is 212 g/mol. The zero-order chi connectivity index (χ0) is 10.6. The summed E-state index contributed by atoms with van der Waals surface area (Å²) >= 11 is 4.20. The largest absolute Gasteiger partial charge is 0.493 e. The molecule has 0 aliphatic heterocycles. The summed E-state index contributed by atoms with van der Waals surface area (Å²) in [5.41, 5.74) is 1.13. The Hall–Kier alpha value is -0.830. The van der Waals surface area contributed by atoms with Crippen LogP contribution in [0.15, 0.2) is 18.2 Å². The van der Waals surface area contributed by atoms with Crippen LogP contribution in [-0.4, -0.2) is 13.2 Å². The summed E-state index contributed by atoms with van der Waals surface area (Å²) in [7, 11) is 1.64. The Labute approximate surface area is 90.6 Å². The second kappa shape index (κ2) is 5.15. The molecule has 0 bridgehead atoms. The van der Waals surface area contributed by atoms with E-state index in [1.165, 1.54) is 0 Å². The third kappa shape index (κ3) is 2.84. The number of ether oxygens (including phenoxy) is 2. The van der Waals surface area contributed by atoms with Crippen molar-refractivity contribution in [3.63, 3.8) is 0 Å². The molecule has 0 heterocycles. The summed E-state index contributed by atoms with van der Waals surface area (Å²) < 4.78 is 10.8. The van der Waals surface area contributed by atoms with E-state index >= 15 is 0 Å². The summed E-state index contributed by atoms with van der Waals surface area (Å²) in [6, 6.07) is 5.86. The Morgan fingerprint density at radius 3 is 2.50 bits per heavy atom. The minimum absolute atomic E-state index is 0.158. The lowest BCUT2D eigenvalue weighted by Gasteiger charge is -2.13. The fraction of sp³-hybridized carbons (Fsp3) is 0.455. The van der Waals surface area contributed by atoms with E-state index in [4.69, 9.17) is 9.47 Å². The van der Waals surface area contributed by atoms with Crippen LogP contribution in [0.4, 0.5) is 0 Å². The van der Waals surface area contributed by atoms with E-state index in [1.807, 2.05) is 32.0 Å². The van der Waals surface area contributed by atoms with Gasteiger partial charge >= 0.3 is 0 Å². The average Bonchev–Trinajstić information content (AvgIpc) is 2.17. The molecule has 0 saturated heterocycles. The molecule has 1 aromatic rings. The van der Waals surface area contributed by atoms with Gasteiger partial charge in [-0.05, 0) is 31.5 Å². The summed E-state index contributed by atoms with van der Waals surface area (Å²) in [5, 5.41) is 0. The summed E-state index contributed by atoms with van der Waals surface area (Å²) in [4.78, 5) is 0. The van der Waals surface area contributed by atoms with Gasteiger partial charge in [-0.15, -0.1) is 0 Å². The lowest BCUT2D eigenvalue weighted by Crippen LogP contribution is -2.06. The molecule has 0 aliphatic rings. The van der Waals surface area contributed by atoms with Gasteiger partial charge in [0.2, 0.25) is 0 Å². The van der Waals surface area contributed by atoms with Crippen LogP contribution < -0.4 is 9.47 Å². The highest BCUT2D eigenvalue weighted by molar-refractivity contribution is 7.79. The normalized spacial score (nSPS) is 10.4. The molecule has 1 rings (SSSR count). The molecule has 78 valence electrons. The van der Waals surface area contributed by atoms with Crippen LogP contribution in [0, 0.1) is 0 Å². The SMILES string of the molecule is COc1cc(CS)ccc1OC(C)C. The molecular formula is C11H16O2S. The van der Waals surface area contributed by atoms with E-state index in [-0.39, 0.29) is 6.10 Å². The molecule has 0 unspecified atom stereocenters. The molecule has 0 atom stereocenters. The highest BCUT2D eigenvalue weighted by Gasteiger charge is 2.06. The van der Waals surface area contributed by atoms with E-state index in [1.54, 1.807) is 7.11 Å². The van der Waals surface area contributed by atoms with Crippen LogP contribution in [-0.2, 0) is 5.75 Å². The first-order valence-corrected chi connectivity index (χ1v) is 5.25. The molecule has 14 heavy (non-hydrogen) atoms. The molecule has 0 aromatic heterocycles. The van der Waals surface area contributed by atoms with Crippen molar-refractivity contribution in [2.24, 2.45) is 0 Å². The molecule has 1 aromatic carbocycles. The van der Waals surface area contributed by atoms with Gasteiger partial charge in [-0.1, -0.05) is 6.07 Å². The highest BCUT2D eigenvalue weighted by Crippen LogP contribution is 2.29. The molecular weight excluding hydrogens is 196 g/mol. The minimum atomic E-state index is 0.158. The number of hydrogen-bond donors (Lipinski definition) is 1. The number of thiol groups is 1. The van der Waals surface area contributed by atoms with Crippen molar-refractivity contribution < 1.29 is 9.47 Å². The van der Waals surface area contributed by atoms with Crippen LogP contribution in [0.2, 0.25) is 0 Å². The molecule has 0 saturated carbocycles. The summed E-state index contributed by atoms with van der Waals surface area (Å²) in [6.45, 7) is 3.98. The maximum atomic E-state index is 5.59. The Balaban J connectivity index is 2.93. The van der Waals surface area contributed by atoms with Gasteiger partial charge in [0, 0.05) is 5.75 Å². The fourth-order valence-corrected chi connectivity index (χ4v) is 1.36. The molecule has 3 heteroatoms. The van der Waals surface area contributed by atoms with Gasteiger partial charge in [-0.3, -0.25) is 0 Å². The van der Waals surface area contributed by atoms with Crippen LogP contribution in [0.5, 0.6) is 11.5 Å². The number of rotatable bonds is 4. The molecule has 0 spiro atoms. The molecule has 0 aliphatic carbocycles. The quantitative estimate of drug-likeness (QED) is 0.774. The number of hydrogen-bond acceptors (Lipinski definition) is 3. The van der Waals surface area contributed by atoms with Crippen molar-refractivity contribution in [3.05, 3.63) is 23.8 Å². The zero-order valence-electron chi connectivity index (χ0n) is 8.78. The van der Waals surface area contributed by atoms with Crippen molar-refractivity contribution in [3.8, 4) is 11.5 Å². The first kappa shape index (κ1) is 11.2. The Kier molecular flexibility index (Phi) is 4.14. The smallest absolute Gasteiger partial charge is 0.161 e. The number of methoxy groups -OCH3 is 1. The van der Waals surface area contributed by atoms with E-state index in [2.05, 4.69) is 12.6 Å². The molecule has 2 nitrogen and oxygen atoms in total. The van der Waals surface area contributed by atoms with Crippen molar-refractivity contribution in [1.29, 1.82) is 0 Å². The van der Waals surface area contributed by atoms with Crippen molar-refractivity contribution in [2.45, 2.75) is 25.7 Å². The van der Waals surface area contributed by atoms with Gasteiger partial charge in [0.05, 0.1) is 13.2 Å².